The SMILES string of the molecule is O=C(COc1ccc(F)cc1)N1CCC(Oc2nccs2)C1. The van der Waals surface area contributed by atoms with E-state index in [-0.39, 0.29) is 24.4 Å². The molecular weight excluding hydrogens is 307 g/mol. The van der Waals surface area contributed by atoms with Gasteiger partial charge in [-0.25, -0.2) is 9.37 Å². The highest BCUT2D eigenvalue weighted by molar-refractivity contribution is 7.11. The summed E-state index contributed by atoms with van der Waals surface area (Å²) in [5.41, 5.74) is 0. The molecule has 0 bridgehead atoms. The summed E-state index contributed by atoms with van der Waals surface area (Å²) in [5, 5.41) is 2.48. The van der Waals surface area contributed by atoms with Crippen LogP contribution in [-0.4, -0.2) is 41.6 Å². The van der Waals surface area contributed by atoms with E-state index in [1.54, 1.807) is 11.1 Å². The molecule has 1 aromatic carbocycles. The van der Waals surface area contributed by atoms with Crippen LogP contribution in [0.3, 0.4) is 0 Å². The molecule has 0 aliphatic carbocycles. The molecule has 3 rings (SSSR count). The van der Waals surface area contributed by atoms with Crippen LogP contribution in [0.15, 0.2) is 35.8 Å². The number of halogens is 1. The van der Waals surface area contributed by atoms with Crippen LogP contribution in [0.2, 0.25) is 0 Å². The van der Waals surface area contributed by atoms with E-state index < -0.39 is 0 Å². The fraction of sp³-hybridized carbons (Fsp3) is 0.333. The van der Waals surface area contributed by atoms with Crippen molar-refractivity contribution in [3.8, 4) is 10.9 Å². The van der Waals surface area contributed by atoms with Crippen LogP contribution in [0, 0.1) is 5.82 Å². The van der Waals surface area contributed by atoms with Gasteiger partial charge in [-0.05, 0) is 24.3 Å². The van der Waals surface area contributed by atoms with Crippen molar-refractivity contribution in [2.45, 2.75) is 12.5 Å². The molecular formula is C15H15FN2O3S. The third-order valence-electron chi connectivity index (χ3n) is 3.35. The molecule has 1 atom stereocenters. The Balaban J connectivity index is 1.46. The van der Waals surface area contributed by atoms with E-state index in [0.29, 0.717) is 24.0 Å². The number of aromatic nitrogens is 1. The molecule has 0 radical (unpaired) electrons. The second-order valence-corrected chi connectivity index (χ2v) is 5.77. The van der Waals surface area contributed by atoms with Gasteiger partial charge in [0.2, 0.25) is 0 Å². The van der Waals surface area contributed by atoms with Gasteiger partial charge in [-0.1, -0.05) is 11.3 Å². The van der Waals surface area contributed by atoms with E-state index in [9.17, 15) is 9.18 Å². The van der Waals surface area contributed by atoms with E-state index in [0.717, 1.165) is 6.42 Å². The number of hydrogen-bond donors (Lipinski definition) is 0. The van der Waals surface area contributed by atoms with Gasteiger partial charge in [0.05, 0.1) is 6.54 Å². The fourth-order valence-corrected chi connectivity index (χ4v) is 2.78. The van der Waals surface area contributed by atoms with Crippen LogP contribution in [0.25, 0.3) is 0 Å². The van der Waals surface area contributed by atoms with Crippen LogP contribution < -0.4 is 9.47 Å². The minimum Gasteiger partial charge on any atom is -0.484 e. The molecule has 1 unspecified atom stereocenters. The molecule has 2 heterocycles. The Hall–Kier alpha value is -2.15. The number of carbonyl (C=O) groups is 1. The van der Waals surface area contributed by atoms with Crippen LogP contribution in [0.4, 0.5) is 4.39 Å². The van der Waals surface area contributed by atoms with Crippen molar-refractivity contribution < 1.29 is 18.7 Å². The molecule has 116 valence electrons. The lowest BCUT2D eigenvalue weighted by molar-refractivity contribution is -0.132. The number of carbonyl (C=O) groups excluding carboxylic acids is 1. The lowest BCUT2D eigenvalue weighted by Gasteiger charge is -2.16. The third kappa shape index (κ3) is 3.73. The first-order valence-electron chi connectivity index (χ1n) is 6.93. The molecule has 1 aromatic heterocycles. The Morgan fingerprint density at radius 3 is 2.95 bits per heavy atom. The summed E-state index contributed by atoms with van der Waals surface area (Å²) in [7, 11) is 0. The largest absolute Gasteiger partial charge is 0.484 e. The molecule has 1 amide bonds. The van der Waals surface area contributed by atoms with E-state index in [4.69, 9.17) is 9.47 Å². The predicted molar refractivity (Wildman–Crippen MR) is 79.6 cm³/mol. The zero-order valence-electron chi connectivity index (χ0n) is 11.8. The molecule has 1 saturated heterocycles. The highest BCUT2D eigenvalue weighted by Gasteiger charge is 2.28. The Labute approximate surface area is 131 Å². The van der Waals surface area contributed by atoms with E-state index in [1.807, 2.05) is 5.38 Å². The molecule has 0 spiro atoms. The van der Waals surface area contributed by atoms with Gasteiger partial charge in [-0.3, -0.25) is 4.79 Å². The lowest BCUT2D eigenvalue weighted by atomic mass is 10.3. The number of likely N-dealkylation sites (tertiary alicyclic amines) is 1. The van der Waals surface area contributed by atoms with Crippen molar-refractivity contribution in [2.75, 3.05) is 19.7 Å². The zero-order chi connectivity index (χ0) is 15.4. The van der Waals surface area contributed by atoms with Crippen LogP contribution in [0.1, 0.15) is 6.42 Å². The first-order valence-corrected chi connectivity index (χ1v) is 7.81. The van der Waals surface area contributed by atoms with Crippen molar-refractivity contribution in [1.29, 1.82) is 0 Å². The Morgan fingerprint density at radius 1 is 1.41 bits per heavy atom. The van der Waals surface area contributed by atoms with Gasteiger partial charge in [0.15, 0.2) is 6.61 Å². The Kier molecular flexibility index (Phi) is 4.53. The number of rotatable bonds is 5. The second-order valence-electron chi connectivity index (χ2n) is 4.91. The van der Waals surface area contributed by atoms with Crippen molar-refractivity contribution in [1.82, 2.24) is 9.88 Å². The Morgan fingerprint density at radius 2 is 2.23 bits per heavy atom. The molecule has 7 heteroatoms. The molecule has 0 saturated carbocycles. The van der Waals surface area contributed by atoms with Crippen molar-refractivity contribution in [2.24, 2.45) is 0 Å². The van der Waals surface area contributed by atoms with Gasteiger partial charge in [-0.2, -0.15) is 0 Å². The summed E-state index contributed by atoms with van der Waals surface area (Å²) >= 11 is 1.44. The standard InChI is InChI=1S/C15H15FN2O3S/c16-11-1-3-12(4-2-11)20-10-14(19)18-7-5-13(9-18)21-15-17-6-8-22-15/h1-4,6,8,13H,5,7,9-10H2. The topological polar surface area (TPSA) is 51.7 Å². The minimum absolute atomic E-state index is 0.0269. The first kappa shape index (κ1) is 14.8. The fourth-order valence-electron chi connectivity index (χ4n) is 2.23. The van der Waals surface area contributed by atoms with Gasteiger partial charge in [0.1, 0.15) is 17.7 Å². The summed E-state index contributed by atoms with van der Waals surface area (Å²) in [6.45, 7) is 1.11. The highest BCUT2D eigenvalue weighted by atomic mass is 32.1. The first-order chi connectivity index (χ1) is 10.7. The predicted octanol–water partition coefficient (Wildman–Crippen LogP) is 2.34. The van der Waals surface area contributed by atoms with E-state index >= 15 is 0 Å². The van der Waals surface area contributed by atoms with Crippen molar-refractivity contribution >= 4 is 17.2 Å². The number of nitrogens with zero attached hydrogens (tertiary/aromatic N) is 2. The summed E-state index contributed by atoms with van der Waals surface area (Å²) in [6.07, 6.45) is 2.44. The average molecular weight is 322 g/mol. The molecule has 2 aromatic rings. The number of ether oxygens (including phenoxy) is 2. The van der Waals surface area contributed by atoms with Crippen molar-refractivity contribution in [3.63, 3.8) is 0 Å². The van der Waals surface area contributed by atoms with Gasteiger partial charge in [0.25, 0.3) is 11.1 Å². The number of thiazole rings is 1. The summed E-state index contributed by atoms with van der Waals surface area (Å²) in [5.74, 6) is 0.0412. The summed E-state index contributed by atoms with van der Waals surface area (Å²) in [4.78, 5) is 17.9. The van der Waals surface area contributed by atoms with Gasteiger partial charge in [-0.15, -0.1) is 0 Å². The second kappa shape index (κ2) is 6.74. The Bertz CT molecular complexity index is 618. The van der Waals surface area contributed by atoms with Crippen molar-refractivity contribution in [3.05, 3.63) is 41.7 Å². The van der Waals surface area contributed by atoms with Gasteiger partial charge >= 0.3 is 0 Å². The maximum absolute atomic E-state index is 12.8. The maximum Gasteiger partial charge on any atom is 0.273 e. The average Bonchev–Trinajstić information content (AvgIpc) is 3.19. The summed E-state index contributed by atoms with van der Waals surface area (Å²) in [6, 6.07) is 5.60. The molecule has 1 fully saturated rings. The smallest absolute Gasteiger partial charge is 0.273 e. The number of amides is 1. The molecule has 5 nitrogen and oxygen atoms in total. The van der Waals surface area contributed by atoms with E-state index in [1.165, 1.54) is 35.6 Å². The molecule has 0 N–H and O–H groups in total. The minimum atomic E-state index is -0.333. The number of hydrogen-bond acceptors (Lipinski definition) is 5. The monoisotopic (exact) mass is 322 g/mol. The van der Waals surface area contributed by atoms with Crippen LogP contribution in [0.5, 0.6) is 10.9 Å². The third-order valence-corrected chi connectivity index (χ3v) is 4.01. The highest BCUT2D eigenvalue weighted by Crippen LogP contribution is 2.20. The van der Waals surface area contributed by atoms with Gasteiger partial charge < -0.3 is 14.4 Å². The van der Waals surface area contributed by atoms with E-state index in [2.05, 4.69) is 4.98 Å². The summed E-state index contributed by atoms with van der Waals surface area (Å²) < 4.78 is 23.9. The number of benzene rings is 1. The maximum atomic E-state index is 12.8. The van der Waals surface area contributed by atoms with Gasteiger partial charge in [0, 0.05) is 24.5 Å². The van der Waals surface area contributed by atoms with Crippen LogP contribution in [-0.2, 0) is 4.79 Å². The zero-order valence-corrected chi connectivity index (χ0v) is 12.6. The quantitative estimate of drug-likeness (QED) is 0.848. The lowest BCUT2D eigenvalue weighted by Crippen LogP contribution is -2.34. The van der Waals surface area contributed by atoms with Crippen LogP contribution >= 0.6 is 11.3 Å². The normalized spacial score (nSPS) is 17.5. The molecule has 22 heavy (non-hydrogen) atoms. The molecule has 1 aliphatic rings. The molecule has 1 aliphatic heterocycles.